The SMILES string of the molecule is I.N#Cc1cccc(CNC2=NCCCN2)c1. The molecule has 1 aliphatic heterocycles. The fourth-order valence-corrected chi connectivity index (χ4v) is 1.59. The standard InChI is InChI=1S/C12H14N4.HI/c13-8-10-3-1-4-11(7-10)9-16-12-14-5-2-6-15-12;/h1,3-4,7H,2,5-6,9H2,(H2,14,15,16);1H. The quantitative estimate of drug-likeness (QED) is 0.803. The molecule has 0 aliphatic carbocycles. The van der Waals surface area contributed by atoms with Crippen LogP contribution in [0.15, 0.2) is 29.3 Å². The van der Waals surface area contributed by atoms with Crippen LogP contribution in [0, 0.1) is 11.3 Å². The lowest BCUT2D eigenvalue weighted by Crippen LogP contribution is -2.40. The normalized spacial score (nSPS) is 13.7. The second-order valence-corrected chi connectivity index (χ2v) is 3.68. The Hall–Kier alpha value is -1.29. The number of rotatable bonds is 2. The first-order chi connectivity index (χ1) is 7.88. The van der Waals surface area contributed by atoms with Crippen molar-refractivity contribution in [1.29, 1.82) is 5.26 Å². The van der Waals surface area contributed by atoms with Gasteiger partial charge in [0.2, 0.25) is 0 Å². The average molecular weight is 342 g/mol. The highest BCUT2D eigenvalue weighted by atomic mass is 127. The summed E-state index contributed by atoms with van der Waals surface area (Å²) in [4.78, 5) is 4.32. The van der Waals surface area contributed by atoms with Crippen molar-refractivity contribution in [2.45, 2.75) is 13.0 Å². The van der Waals surface area contributed by atoms with Gasteiger partial charge in [-0.15, -0.1) is 24.0 Å². The number of hydrogen-bond donors (Lipinski definition) is 2. The number of guanidine groups is 1. The van der Waals surface area contributed by atoms with E-state index >= 15 is 0 Å². The van der Waals surface area contributed by atoms with Gasteiger partial charge < -0.3 is 10.6 Å². The monoisotopic (exact) mass is 342 g/mol. The lowest BCUT2D eigenvalue weighted by atomic mass is 10.1. The van der Waals surface area contributed by atoms with Gasteiger partial charge >= 0.3 is 0 Å². The minimum atomic E-state index is 0. The summed E-state index contributed by atoms with van der Waals surface area (Å²) in [5.41, 5.74) is 1.78. The van der Waals surface area contributed by atoms with Gasteiger partial charge in [0.15, 0.2) is 5.96 Å². The third-order valence-corrected chi connectivity index (χ3v) is 2.41. The van der Waals surface area contributed by atoms with Crippen molar-refractivity contribution in [3.63, 3.8) is 0 Å². The summed E-state index contributed by atoms with van der Waals surface area (Å²) < 4.78 is 0. The lowest BCUT2D eigenvalue weighted by molar-refractivity contribution is 0.702. The molecule has 4 nitrogen and oxygen atoms in total. The van der Waals surface area contributed by atoms with Gasteiger partial charge in [-0.3, -0.25) is 4.99 Å². The van der Waals surface area contributed by atoms with Crippen molar-refractivity contribution in [1.82, 2.24) is 10.6 Å². The predicted molar refractivity (Wildman–Crippen MR) is 78.3 cm³/mol. The van der Waals surface area contributed by atoms with E-state index in [9.17, 15) is 0 Å². The molecule has 0 radical (unpaired) electrons. The maximum atomic E-state index is 8.77. The number of benzene rings is 1. The van der Waals surface area contributed by atoms with Crippen molar-refractivity contribution in [2.75, 3.05) is 13.1 Å². The van der Waals surface area contributed by atoms with Gasteiger partial charge in [-0.1, -0.05) is 12.1 Å². The zero-order valence-electron chi connectivity index (χ0n) is 9.44. The van der Waals surface area contributed by atoms with Crippen molar-refractivity contribution < 1.29 is 0 Å². The number of hydrogen-bond acceptors (Lipinski definition) is 4. The molecule has 2 rings (SSSR count). The van der Waals surface area contributed by atoms with Gasteiger partial charge in [0.25, 0.3) is 0 Å². The lowest BCUT2D eigenvalue weighted by Gasteiger charge is -2.15. The van der Waals surface area contributed by atoms with E-state index in [1.807, 2.05) is 18.2 Å². The van der Waals surface area contributed by atoms with Crippen molar-refractivity contribution >= 4 is 29.9 Å². The fourth-order valence-electron chi connectivity index (χ4n) is 1.59. The topological polar surface area (TPSA) is 60.2 Å². The van der Waals surface area contributed by atoms with E-state index in [1.54, 1.807) is 6.07 Å². The summed E-state index contributed by atoms with van der Waals surface area (Å²) in [7, 11) is 0. The fraction of sp³-hybridized carbons (Fsp3) is 0.333. The molecule has 0 spiro atoms. The van der Waals surface area contributed by atoms with Crippen molar-refractivity contribution in [3.05, 3.63) is 35.4 Å². The molecule has 2 N–H and O–H groups in total. The van der Waals surface area contributed by atoms with Crippen LogP contribution in [0.25, 0.3) is 0 Å². The van der Waals surface area contributed by atoms with Crippen LogP contribution < -0.4 is 10.6 Å². The summed E-state index contributed by atoms with van der Waals surface area (Å²) in [6.45, 7) is 2.55. The molecule has 0 fully saturated rings. The van der Waals surface area contributed by atoms with Crippen molar-refractivity contribution in [2.24, 2.45) is 4.99 Å². The van der Waals surface area contributed by atoms with Crippen LogP contribution in [0.3, 0.4) is 0 Å². The first kappa shape index (κ1) is 13.8. The van der Waals surface area contributed by atoms with Gasteiger partial charge in [-0.2, -0.15) is 5.26 Å². The van der Waals surface area contributed by atoms with E-state index in [-0.39, 0.29) is 24.0 Å². The minimum absolute atomic E-state index is 0. The summed E-state index contributed by atoms with van der Waals surface area (Å²) in [5.74, 6) is 0.855. The highest BCUT2D eigenvalue weighted by Crippen LogP contribution is 2.03. The number of halogens is 1. The summed E-state index contributed by atoms with van der Waals surface area (Å²) in [5, 5.41) is 15.2. The molecule has 1 aromatic carbocycles. The molecule has 0 unspecified atom stereocenters. The third-order valence-electron chi connectivity index (χ3n) is 2.41. The number of nitrogens with one attached hydrogen (secondary N) is 2. The van der Waals surface area contributed by atoms with E-state index in [0.717, 1.165) is 31.0 Å². The average Bonchev–Trinajstić information content (AvgIpc) is 2.38. The Bertz CT molecular complexity index is 436. The van der Waals surface area contributed by atoms with Gasteiger partial charge in [0, 0.05) is 19.6 Å². The Morgan fingerprint density at radius 3 is 3.06 bits per heavy atom. The number of nitrogens with zero attached hydrogens (tertiary/aromatic N) is 2. The molecule has 17 heavy (non-hydrogen) atoms. The summed E-state index contributed by atoms with van der Waals surface area (Å²) >= 11 is 0. The van der Waals surface area contributed by atoms with E-state index in [4.69, 9.17) is 5.26 Å². The van der Waals surface area contributed by atoms with E-state index in [2.05, 4.69) is 21.7 Å². The van der Waals surface area contributed by atoms with Crippen LogP contribution in [0.5, 0.6) is 0 Å². The van der Waals surface area contributed by atoms with Gasteiger partial charge in [0.05, 0.1) is 11.6 Å². The molecule has 0 bridgehead atoms. The first-order valence-corrected chi connectivity index (χ1v) is 5.40. The second kappa shape index (κ2) is 7.12. The molecule has 0 atom stereocenters. The first-order valence-electron chi connectivity index (χ1n) is 5.40. The van der Waals surface area contributed by atoms with Crippen molar-refractivity contribution in [3.8, 4) is 6.07 Å². The van der Waals surface area contributed by atoms with Crippen LogP contribution >= 0.6 is 24.0 Å². The van der Waals surface area contributed by atoms with Gasteiger partial charge in [-0.25, -0.2) is 0 Å². The Kier molecular flexibility index (Phi) is 5.77. The maximum absolute atomic E-state index is 8.77. The van der Waals surface area contributed by atoms with E-state index in [1.165, 1.54) is 0 Å². The molecule has 0 aromatic heterocycles. The zero-order chi connectivity index (χ0) is 11.2. The summed E-state index contributed by atoms with van der Waals surface area (Å²) in [6, 6.07) is 9.71. The Morgan fingerprint density at radius 1 is 1.47 bits per heavy atom. The Labute approximate surface area is 118 Å². The second-order valence-electron chi connectivity index (χ2n) is 3.68. The largest absolute Gasteiger partial charge is 0.356 e. The molecule has 0 saturated carbocycles. The molecular weight excluding hydrogens is 327 g/mol. The smallest absolute Gasteiger partial charge is 0.191 e. The Balaban J connectivity index is 0.00000144. The molecule has 90 valence electrons. The van der Waals surface area contributed by atoms with Crippen LogP contribution in [-0.4, -0.2) is 19.0 Å². The highest BCUT2D eigenvalue weighted by Gasteiger charge is 2.02. The van der Waals surface area contributed by atoms with E-state index < -0.39 is 0 Å². The molecule has 0 amide bonds. The zero-order valence-corrected chi connectivity index (χ0v) is 11.8. The molecule has 1 heterocycles. The molecule has 5 heteroatoms. The van der Waals surface area contributed by atoms with Gasteiger partial charge in [-0.05, 0) is 24.1 Å². The molecular formula is C12H15IN4. The van der Waals surface area contributed by atoms with Crippen LogP contribution in [0.2, 0.25) is 0 Å². The number of aliphatic imine (C=N–C) groups is 1. The third kappa shape index (κ3) is 4.23. The number of nitriles is 1. The predicted octanol–water partition coefficient (Wildman–Crippen LogP) is 1.62. The van der Waals surface area contributed by atoms with E-state index in [0.29, 0.717) is 12.1 Å². The molecule has 1 aliphatic rings. The van der Waals surface area contributed by atoms with Gasteiger partial charge in [0.1, 0.15) is 0 Å². The van der Waals surface area contributed by atoms with Crippen LogP contribution in [0.4, 0.5) is 0 Å². The maximum Gasteiger partial charge on any atom is 0.191 e. The molecule has 1 aromatic rings. The highest BCUT2D eigenvalue weighted by molar-refractivity contribution is 14.0. The summed E-state index contributed by atoms with van der Waals surface area (Å²) in [6.07, 6.45) is 1.09. The Morgan fingerprint density at radius 2 is 2.35 bits per heavy atom. The molecule has 0 saturated heterocycles. The van der Waals surface area contributed by atoms with Crippen LogP contribution in [-0.2, 0) is 6.54 Å². The minimum Gasteiger partial charge on any atom is -0.356 e. The van der Waals surface area contributed by atoms with Crippen LogP contribution in [0.1, 0.15) is 17.5 Å².